The lowest BCUT2D eigenvalue weighted by Crippen LogP contribution is -2.36. The predicted molar refractivity (Wildman–Crippen MR) is 89.5 cm³/mol. The van der Waals surface area contributed by atoms with Crippen molar-refractivity contribution in [3.63, 3.8) is 0 Å². The number of fused-ring (bicyclic) bond motifs is 2. The lowest BCUT2D eigenvalue weighted by molar-refractivity contribution is -0.168. The van der Waals surface area contributed by atoms with Gasteiger partial charge < -0.3 is 4.84 Å². The van der Waals surface area contributed by atoms with Crippen LogP contribution in [0, 0.1) is 0 Å². The van der Waals surface area contributed by atoms with Crippen LogP contribution in [-0.4, -0.2) is 46.1 Å². The highest BCUT2D eigenvalue weighted by atomic mass is 16.7. The van der Waals surface area contributed by atoms with Crippen molar-refractivity contribution >= 4 is 29.6 Å². The molecule has 0 N–H and O–H groups in total. The summed E-state index contributed by atoms with van der Waals surface area (Å²) >= 11 is 0. The number of imide groups is 2. The minimum Gasteiger partial charge on any atom is -0.330 e. The van der Waals surface area contributed by atoms with Gasteiger partial charge in [0.2, 0.25) is 0 Å². The van der Waals surface area contributed by atoms with E-state index in [4.69, 9.17) is 4.84 Å². The van der Waals surface area contributed by atoms with E-state index in [0.29, 0.717) is 5.06 Å². The monoisotopic (exact) mass is 364 g/mol. The second-order valence-corrected chi connectivity index (χ2v) is 5.97. The summed E-state index contributed by atoms with van der Waals surface area (Å²) in [6.07, 6.45) is -0.348. The van der Waals surface area contributed by atoms with Crippen LogP contribution in [0.4, 0.5) is 0 Å². The van der Waals surface area contributed by atoms with Crippen molar-refractivity contribution in [1.29, 1.82) is 0 Å². The summed E-state index contributed by atoms with van der Waals surface area (Å²) < 4.78 is 0. The molecule has 0 aromatic heterocycles. The molecule has 2 aliphatic heterocycles. The van der Waals surface area contributed by atoms with Crippen molar-refractivity contribution in [2.24, 2.45) is 0 Å². The molecular formula is C19H12N2O6. The van der Waals surface area contributed by atoms with E-state index in [2.05, 4.69) is 0 Å². The summed E-state index contributed by atoms with van der Waals surface area (Å²) in [4.78, 5) is 66.7. The molecule has 0 fully saturated rings. The third-order valence-corrected chi connectivity index (χ3v) is 4.37. The van der Waals surface area contributed by atoms with Gasteiger partial charge in [0.15, 0.2) is 0 Å². The number of hydrogen-bond acceptors (Lipinski definition) is 6. The number of nitrogens with zero attached hydrogens (tertiary/aromatic N) is 2. The van der Waals surface area contributed by atoms with E-state index in [1.807, 2.05) is 0 Å². The first-order valence-corrected chi connectivity index (χ1v) is 8.13. The molecule has 8 nitrogen and oxygen atoms in total. The third-order valence-electron chi connectivity index (χ3n) is 4.37. The largest absolute Gasteiger partial charge is 0.335 e. The van der Waals surface area contributed by atoms with Crippen LogP contribution in [0.3, 0.4) is 0 Å². The molecule has 0 saturated carbocycles. The standard InChI is InChI=1S/C19H12N2O6/c22-15(27-21-18(25)13-7-3-4-8-14(13)19(21)26)9-10-20-16(23)11-5-1-2-6-12(11)17(20)24/h1-8H,9-10H2. The normalized spacial score (nSPS) is 15.3. The Balaban J connectivity index is 1.41. The molecule has 2 aromatic rings. The van der Waals surface area contributed by atoms with Gasteiger partial charge in [0, 0.05) is 6.54 Å². The fraction of sp³-hybridized carbons (Fsp3) is 0.105. The molecule has 4 rings (SSSR count). The van der Waals surface area contributed by atoms with Gasteiger partial charge in [-0.1, -0.05) is 29.3 Å². The molecular weight excluding hydrogens is 352 g/mol. The van der Waals surface area contributed by atoms with Crippen LogP contribution in [0.25, 0.3) is 0 Å². The summed E-state index contributed by atoms with van der Waals surface area (Å²) in [6.45, 7) is -0.214. The Bertz CT molecular complexity index is 958. The van der Waals surface area contributed by atoms with E-state index in [1.165, 1.54) is 24.3 Å². The maximum Gasteiger partial charge on any atom is 0.335 e. The van der Waals surface area contributed by atoms with Gasteiger partial charge in [0.05, 0.1) is 28.7 Å². The van der Waals surface area contributed by atoms with Crippen LogP contribution in [0.2, 0.25) is 0 Å². The fourth-order valence-electron chi connectivity index (χ4n) is 3.04. The van der Waals surface area contributed by atoms with Gasteiger partial charge >= 0.3 is 5.97 Å². The highest BCUT2D eigenvalue weighted by Gasteiger charge is 2.39. The number of hydroxylamine groups is 2. The molecule has 0 aliphatic carbocycles. The lowest BCUT2D eigenvalue weighted by atomic mass is 10.1. The van der Waals surface area contributed by atoms with Crippen LogP contribution in [0.1, 0.15) is 47.9 Å². The van der Waals surface area contributed by atoms with Gasteiger partial charge in [-0.15, -0.1) is 0 Å². The van der Waals surface area contributed by atoms with Crippen LogP contribution in [0.5, 0.6) is 0 Å². The maximum absolute atomic E-state index is 12.3. The molecule has 2 aromatic carbocycles. The van der Waals surface area contributed by atoms with E-state index in [0.717, 1.165) is 4.90 Å². The topological polar surface area (TPSA) is 101 Å². The second kappa shape index (κ2) is 6.17. The van der Waals surface area contributed by atoms with Gasteiger partial charge in [-0.2, -0.15) is 0 Å². The van der Waals surface area contributed by atoms with E-state index in [-0.39, 0.29) is 35.2 Å². The van der Waals surface area contributed by atoms with Crippen LogP contribution in [0.15, 0.2) is 48.5 Å². The third kappa shape index (κ3) is 2.58. The predicted octanol–water partition coefficient (Wildman–Crippen LogP) is 1.43. The van der Waals surface area contributed by atoms with Crippen LogP contribution >= 0.6 is 0 Å². The smallest absolute Gasteiger partial charge is 0.330 e. The Morgan fingerprint density at radius 3 is 1.56 bits per heavy atom. The number of amides is 4. The van der Waals surface area contributed by atoms with Crippen molar-refractivity contribution in [3.8, 4) is 0 Å². The summed E-state index contributed by atoms with van der Waals surface area (Å²) in [6, 6.07) is 12.5. The Labute approximate surface area is 152 Å². The Morgan fingerprint density at radius 2 is 1.11 bits per heavy atom. The Hall–Kier alpha value is -3.81. The van der Waals surface area contributed by atoms with Crippen molar-refractivity contribution in [3.05, 3.63) is 70.8 Å². The molecule has 0 unspecified atom stereocenters. The molecule has 27 heavy (non-hydrogen) atoms. The number of rotatable bonds is 4. The zero-order chi connectivity index (χ0) is 19.1. The van der Waals surface area contributed by atoms with Crippen LogP contribution in [-0.2, 0) is 9.63 Å². The average molecular weight is 364 g/mol. The molecule has 134 valence electrons. The highest BCUT2D eigenvalue weighted by molar-refractivity contribution is 6.22. The average Bonchev–Trinajstić information content (AvgIpc) is 3.07. The number of carbonyl (C=O) groups excluding carboxylic acids is 5. The molecule has 0 spiro atoms. The maximum atomic E-state index is 12.3. The van der Waals surface area contributed by atoms with Gasteiger partial charge in [0.1, 0.15) is 0 Å². The summed E-state index contributed by atoms with van der Waals surface area (Å²) in [5.74, 6) is -3.36. The fourth-order valence-corrected chi connectivity index (χ4v) is 3.04. The van der Waals surface area contributed by atoms with Gasteiger partial charge in [-0.25, -0.2) is 4.79 Å². The molecule has 2 aliphatic rings. The lowest BCUT2D eigenvalue weighted by Gasteiger charge is -2.15. The molecule has 0 saturated heterocycles. The molecule has 4 amide bonds. The number of benzene rings is 2. The molecule has 2 heterocycles. The van der Waals surface area contributed by atoms with Crippen molar-refractivity contribution in [2.45, 2.75) is 6.42 Å². The molecule has 0 atom stereocenters. The van der Waals surface area contributed by atoms with E-state index in [1.54, 1.807) is 24.3 Å². The molecule has 0 radical (unpaired) electrons. The highest BCUT2D eigenvalue weighted by Crippen LogP contribution is 2.24. The first-order chi connectivity index (χ1) is 13.0. The number of hydrogen-bond donors (Lipinski definition) is 0. The number of carbonyl (C=O) groups is 5. The zero-order valence-electron chi connectivity index (χ0n) is 13.9. The first-order valence-electron chi connectivity index (χ1n) is 8.13. The van der Waals surface area contributed by atoms with E-state index < -0.39 is 29.6 Å². The second-order valence-electron chi connectivity index (χ2n) is 5.97. The van der Waals surface area contributed by atoms with Gasteiger partial charge in [0.25, 0.3) is 23.6 Å². The SMILES string of the molecule is O=C(CCN1C(=O)c2ccccc2C1=O)ON1C(=O)c2ccccc2C1=O. The van der Waals surface area contributed by atoms with Crippen molar-refractivity contribution < 1.29 is 28.8 Å². The summed E-state index contributed by atoms with van der Waals surface area (Å²) in [7, 11) is 0. The molecule has 0 bridgehead atoms. The first kappa shape index (κ1) is 16.6. The Kier molecular flexibility index (Phi) is 3.80. The molecule has 8 heteroatoms. The minimum absolute atomic E-state index is 0.149. The zero-order valence-corrected chi connectivity index (χ0v) is 13.9. The van der Waals surface area contributed by atoms with Crippen LogP contribution < -0.4 is 0 Å². The Morgan fingerprint density at radius 1 is 0.704 bits per heavy atom. The van der Waals surface area contributed by atoms with Crippen molar-refractivity contribution in [1.82, 2.24) is 9.96 Å². The van der Waals surface area contributed by atoms with Crippen molar-refractivity contribution in [2.75, 3.05) is 6.54 Å². The van der Waals surface area contributed by atoms with Gasteiger partial charge in [-0.05, 0) is 24.3 Å². The van der Waals surface area contributed by atoms with E-state index in [9.17, 15) is 24.0 Å². The quantitative estimate of drug-likeness (QED) is 0.761. The summed E-state index contributed by atoms with van der Waals surface area (Å²) in [5.41, 5.74) is 0.846. The summed E-state index contributed by atoms with van der Waals surface area (Å²) in [5, 5.41) is 0.398. The van der Waals surface area contributed by atoms with E-state index >= 15 is 0 Å². The minimum atomic E-state index is -0.902. The van der Waals surface area contributed by atoms with Gasteiger partial charge in [-0.3, -0.25) is 24.1 Å².